The van der Waals surface area contributed by atoms with Gasteiger partial charge in [-0.1, -0.05) is 0 Å². The van der Waals surface area contributed by atoms with Crippen LogP contribution in [0.2, 0.25) is 4.20 Å². The van der Waals surface area contributed by atoms with E-state index in [2.05, 4.69) is 6.92 Å². The van der Waals surface area contributed by atoms with Crippen molar-refractivity contribution in [2.75, 3.05) is 13.2 Å². The van der Waals surface area contributed by atoms with Crippen LogP contribution < -0.4 is 0 Å². The fourth-order valence-corrected chi connectivity index (χ4v) is 4.02. The third kappa shape index (κ3) is 10.1. The topological polar surface area (TPSA) is 57.5 Å². The first-order chi connectivity index (χ1) is 9.74. The van der Waals surface area contributed by atoms with E-state index in [1.165, 1.54) is 51.4 Å². The molecule has 0 unspecified atom stereocenters. The van der Waals surface area contributed by atoms with Gasteiger partial charge in [0.05, 0.1) is 0 Å². The summed E-state index contributed by atoms with van der Waals surface area (Å²) in [6.45, 7) is 2.40. The van der Waals surface area contributed by atoms with Crippen LogP contribution in [0.15, 0.2) is 0 Å². The van der Waals surface area contributed by atoms with Crippen molar-refractivity contribution in [1.29, 1.82) is 0 Å². The molecule has 0 aromatic carbocycles. The Labute approximate surface area is 131 Å². The Bertz CT molecular complexity index is 216. The number of hydrogen-bond acceptors (Lipinski definition) is 3. The number of unbranched alkanes of at least 4 members (excludes halogenated alkanes) is 8. The molecule has 0 bridgehead atoms. The number of hydrogen-bond donors (Lipinski definition) is 2. The van der Waals surface area contributed by atoms with Crippen LogP contribution in [0.3, 0.4) is 0 Å². The summed E-state index contributed by atoms with van der Waals surface area (Å²) in [5.74, 6) is 0. The van der Waals surface area contributed by atoms with Crippen molar-refractivity contribution >= 4 is 15.7 Å². The first-order valence-corrected chi connectivity index (χ1v) is 10.0. The molecule has 0 aromatic rings. The Kier molecular flexibility index (Phi) is 14.4. The zero-order valence-electron chi connectivity index (χ0n) is 13.1. The normalized spacial score (nSPS) is 12.2. The van der Waals surface area contributed by atoms with Crippen LogP contribution >= 0.6 is 0 Å². The molecular weight excluding hydrogens is 315 g/mol. The predicted molar refractivity (Wildman–Crippen MR) is 84.4 cm³/mol. The van der Waals surface area contributed by atoms with E-state index in [0.717, 1.165) is 12.8 Å². The minimum absolute atomic E-state index is 0.0787. The van der Waals surface area contributed by atoms with E-state index in [0.29, 0.717) is 12.8 Å². The third-order valence-corrected chi connectivity index (χ3v) is 6.31. The maximum atomic E-state index is 11.5. The molecule has 0 radical (unpaired) electrons. The van der Waals surface area contributed by atoms with E-state index in [4.69, 9.17) is 10.2 Å². The predicted octanol–water partition coefficient (Wildman–Crippen LogP) is 3.88. The molecule has 0 aliphatic heterocycles. The quantitative estimate of drug-likeness (QED) is 0.349. The zero-order valence-corrected chi connectivity index (χ0v) is 15.0. The molecule has 0 aliphatic carbocycles. The first-order valence-electron chi connectivity index (χ1n) is 8.31. The summed E-state index contributed by atoms with van der Waals surface area (Å²) in [7, 11) is 0. The average Bonchev–Trinajstić information content (AvgIpc) is 2.46. The molecule has 20 heavy (non-hydrogen) atoms. The molecule has 0 heterocycles. The fourth-order valence-electron chi connectivity index (χ4n) is 2.69. The number of rotatable bonds is 15. The summed E-state index contributed by atoms with van der Waals surface area (Å²) < 4.78 is 11.2. The molecule has 0 atom stereocenters. The van der Waals surface area contributed by atoms with Crippen LogP contribution in [0.4, 0.5) is 0 Å². The molecule has 0 saturated heterocycles. The summed E-state index contributed by atoms with van der Waals surface area (Å²) in [6, 6.07) is 0. The molecule has 3 nitrogen and oxygen atoms in total. The van der Waals surface area contributed by atoms with Gasteiger partial charge in [0.25, 0.3) is 0 Å². The van der Waals surface area contributed by atoms with Crippen molar-refractivity contribution in [2.24, 2.45) is 0 Å². The van der Waals surface area contributed by atoms with Gasteiger partial charge < -0.3 is 0 Å². The maximum absolute atomic E-state index is 11.5. The van der Waals surface area contributed by atoms with E-state index in [1.54, 1.807) is 0 Å². The van der Waals surface area contributed by atoms with Crippen molar-refractivity contribution in [1.82, 2.24) is 0 Å². The fraction of sp³-hybridized carbons (Fsp3) is 1.00. The Morgan fingerprint density at radius 3 is 1.60 bits per heavy atom. The Balaban J connectivity index is 3.65. The molecule has 0 saturated carbocycles. The number of aliphatic hydroxyl groups excluding tert-OH is 2. The third-order valence-electron chi connectivity index (χ3n) is 4.09. The van der Waals surface area contributed by atoms with Gasteiger partial charge in [0.1, 0.15) is 0 Å². The number of aliphatic hydroxyl groups is 2. The van der Waals surface area contributed by atoms with Crippen molar-refractivity contribution in [3.63, 3.8) is 0 Å². The van der Waals surface area contributed by atoms with Gasteiger partial charge in [-0.05, 0) is 0 Å². The summed E-state index contributed by atoms with van der Waals surface area (Å²) in [4.78, 5) is 0. The Hall–Kier alpha value is 0.278. The van der Waals surface area contributed by atoms with Gasteiger partial charge in [-0.2, -0.15) is 0 Å². The van der Waals surface area contributed by atoms with Crippen LogP contribution in [0.5, 0.6) is 0 Å². The van der Waals surface area contributed by atoms with Crippen LogP contribution in [-0.2, 0) is 3.74 Å². The molecule has 120 valence electrons. The molecule has 2 N–H and O–H groups in total. The van der Waals surface area contributed by atoms with Crippen LogP contribution in [0.1, 0.15) is 84.0 Å². The van der Waals surface area contributed by atoms with E-state index >= 15 is 0 Å². The molecule has 0 fully saturated rings. The average molecular weight is 348 g/mol. The molecule has 0 aliphatic rings. The van der Waals surface area contributed by atoms with Crippen LogP contribution in [0, 0.1) is 0 Å². The minimum atomic E-state index is -1.02. The standard InChI is InChI=1S/C16H33AsO3/c1-2-3-4-5-6-7-8-9-10-11-16(17-20,12-14-18)13-15-19/h18-19H,2-15H2,1H3. The molecule has 4 heteroatoms. The van der Waals surface area contributed by atoms with E-state index in [1.807, 2.05) is 0 Å². The van der Waals surface area contributed by atoms with Crippen molar-refractivity contribution < 1.29 is 14.0 Å². The zero-order chi connectivity index (χ0) is 15.1. The monoisotopic (exact) mass is 348 g/mol. The molecule has 0 amide bonds. The second kappa shape index (κ2) is 14.2. The van der Waals surface area contributed by atoms with Gasteiger partial charge in [-0.15, -0.1) is 0 Å². The van der Waals surface area contributed by atoms with E-state index in [9.17, 15) is 3.74 Å². The van der Waals surface area contributed by atoms with Gasteiger partial charge in [-0.25, -0.2) is 0 Å². The summed E-state index contributed by atoms with van der Waals surface area (Å²) in [6.07, 6.45) is 13.6. The second-order valence-electron chi connectivity index (χ2n) is 5.84. The second-order valence-corrected chi connectivity index (χ2v) is 8.21. The summed E-state index contributed by atoms with van der Waals surface area (Å²) in [5.41, 5.74) is 0. The van der Waals surface area contributed by atoms with Crippen molar-refractivity contribution in [2.45, 2.75) is 88.2 Å². The van der Waals surface area contributed by atoms with E-state index in [-0.39, 0.29) is 17.4 Å². The Morgan fingerprint density at radius 2 is 1.20 bits per heavy atom. The summed E-state index contributed by atoms with van der Waals surface area (Å²) in [5, 5.41) is 18.2. The Morgan fingerprint density at radius 1 is 0.750 bits per heavy atom. The molecular formula is C16H33AsO3. The van der Waals surface area contributed by atoms with E-state index < -0.39 is 15.7 Å². The molecule has 0 spiro atoms. The molecule has 0 rings (SSSR count). The van der Waals surface area contributed by atoms with Gasteiger partial charge >= 0.3 is 131 Å². The SMILES string of the molecule is CCCCCCCCCCCC(CCO)(CCO)[As]=O. The van der Waals surface area contributed by atoms with Gasteiger partial charge in [0.15, 0.2) is 0 Å². The van der Waals surface area contributed by atoms with Crippen molar-refractivity contribution in [3.8, 4) is 0 Å². The van der Waals surface area contributed by atoms with Crippen molar-refractivity contribution in [3.05, 3.63) is 0 Å². The van der Waals surface area contributed by atoms with Crippen LogP contribution in [0.25, 0.3) is 0 Å². The van der Waals surface area contributed by atoms with Gasteiger partial charge in [0.2, 0.25) is 0 Å². The summed E-state index contributed by atoms with van der Waals surface area (Å²) >= 11 is -1.02. The van der Waals surface area contributed by atoms with Crippen LogP contribution in [-0.4, -0.2) is 39.1 Å². The molecule has 0 aromatic heterocycles. The van der Waals surface area contributed by atoms with Gasteiger partial charge in [-0.3, -0.25) is 0 Å². The van der Waals surface area contributed by atoms with Gasteiger partial charge in [0, 0.05) is 0 Å². The first kappa shape index (κ1) is 20.3.